The van der Waals surface area contributed by atoms with E-state index in [0.29, 0.717) is 40.7 Å². The fraction of sp³-hybridized carbons (Fsp3) is 0.211. The first-order chi connectivity index (χ1) is 27.7. The zero-order valence-electron chi connectivity index (χ0n) is 30.0. The summed E-state index contributed by atoms with van der Waals surface area (Å²) < 4.78 is 49.3. The number of hydrogen-bond acceptors (Lipinski definition) is 12. The van der Waals surface area contributed by atoms with Crippen LogP contribution < -0.4 is 36.1 Å². The van der Waals surface area contributed by atoms with Crippen LogP contribution in [0.15, 0.2) is 97.3 Å². The molecular weight excluding hydrogens is 787 g/mol. The van der Waals surface area contributed by atoms with Gasteiger partial charge in [-0.15, -0.1) is 0 Å². The Morgan fingerprint density at radius 3 is 2.17 bits per heavy atom. The van der Waals surface area contributed by atoms with Crippen molar-refractivity contribution in [2.75, 3.05) is 29.1 Å². The van der Waals surface area contributed by atoms with Crippen molar-refractivity contribution in [2.45, 2.75) is 37.0 Å². The number of carbonyl (C=O) groups excluding carboxylic acids is 3. The molecule has 300 valence electrons. The summed E-state index contributed by atoms with van der Waals surface area (Å²) in [6, 6.07) is 20.3. The highest BCUT2D eigenvalue weighted by Crippen LogP contribution is 2.48. The minimum atomic E-state index is -4.65. The molecule has 1 aliphatic rings. The van der Waals surface area contributed by atoms with Crippen LogP contribution in [0.25, 0.3) is 0 Å². The first kappa shape index (κ1) is 40.6. The van der Waals surface area contributed by atoms with Crippen molar-refractivity contribution in [1.82, 2.24) is 30.6 Å². The van der Waals surface area contributed by atoms with Crippen molar-refractivity contribution in [3.63, 3.8) is 0 Å². The van der Waals surface area contributed by atoms with E-state index >= 15 is 0 Å². The van der Waals surface area contributed by atoms with Gasteiger partial charge >= 0.3 is 30.0 Å². The van der Waals surface area contributed by atoms with Crippen molar-refractivity contribution < 1.29 is 46.9 Å². The van der Waals surface area contributed by atoms with Crippen molar-refractivity contribution in [2.24, 2.45) is 0 Å². The average Bonchev–Trinajstić information content (AvgIpc) is 3.98. The zero-order valence-corrected chi connectivity index (χ0v) is 30.8. The van der Waals surface area contributed by atoms with E-state index in [1.54, 1.807) is 42.6 Å². The Balaban J connectivity index is 1.01. The molecule has 1 fully saturated rings. The van der Waals surface area contributed by atoms with Crippen molar-refractivity contribution in [3.8, 4) is 17.5 Å². The number of ether oxygens (including phenoxy) is 2. The Bertz CT molecular complexity index is 2250. The molecular formula is C38H33ClF3N9O7. The number of nitrogens with one attached hydrogen (secondary N) is 5. The van der Waals surface area contributed by atoms with Crippen LogP contribution in [0.1, 0.15) is 35.2 Å². The number of anilines is 4. The van der Waals surface area contributed by atoms with E-state index in [0.717, 1.165) is 5.56 Å². The monoisotopic (exact) mass is 819 g/mol. The minimum absolute atomic E-state index is 0.0482. The second-order valence-electron chi connectivity index (χ2n) is 12.8. The summed E-state index contributed by atoms with van der Waals surface area (Å²) >= 11 is 6.02. The molecule has 1 aliphatic carbocycles. The van der Waals surface area contributed by atoms with Gasteiger partial charge in [0, 0.05) is 34.7 Å². The maximum Gasteiger partial charge on any atom is 0.422 e. The van der Waals surface area contributed by atoms with Crippen molar-refractivity contribution in [1.29, 1.82) is 0 Å². The summed E-state index contributed by atoms with van der Waals surface area (Å²) in [6.07, 6.45) is -0.385. The summed E-state index contributed by atoms with van der Waals surface area (Å²) in [7, 11) is 0. The third-order valence-electron chi connectivity index (χ3n) is 8.39. The summed E-state index contributed by atoms with van der Waals surface area (Å²) in [4.78, 5) is 65.9. The lowest BCUT2D eigenvalue weighted by Gasteiger charge is -2.19. The molecule has 0 radical (unpaired) electrons. The molecule has 58 heavy (non-hydrogen) atoms. The maximum atomic E-state index is 13.0. The summed E-state index contributed by atoms with van der Waals surface area (Å²) in [6.45, 7) is -1.90. The molecule has 0 saturated heterocycles. The highest BCUT2D eigenvalue weighted by atomic mass is 35.5. The number of halogens is 4. The fourth-order valence-electron chi connectivity index (χ4n) is 5.35. The molecule has 16 nitrogen and oxygen atoms in total. The molecule has 20 heteroatoms. The molecule has 0 spiro atoms. The molecule has 0 unspecified atom stereocenters. The average molecular weight is 820 g/mol. The Morgan fingerprint density at radius 2 is 1.53 bits per heavy atom. The number of carboxylic acids is 1. The van der Waals surface area contributed by atoms with Gasteiger partial charge in [0.15, 0.2) is 6.61 Å². The Hall–Kier alpha value is -7.02. The molecule has 3 aromatic carbocycles. The van der Waals surface area contributed by atoms with Gasteiger partial charge in [-0.05, 0) is 97.6 Å². The maximum absolute atomic E-state index is 13.0. The lowest BCUT2D eigenvalue weighted by Crippen LogP contribution is -2.44. The van der Waals surface area contributed by atoms with Crippen LogP contribution in [0, 0.1) is 0 Å². The van der Waals surface area contributed by atoms with E-state index in [4.69, 9.17) is 21.1 Å². The third-order valence-corrected chi connectivity index (χ3v) is 8.64. The van der Waals surface area contributed by atoms with E-state index in [-0.39, 0.29) is 30.4 Å². The van der Waals surface area contributed by atoms with Crippen LogP contribution >= 0.6 is 11.6 Å². The predicted octanol–water partition coefficient (Wildman–Crippen LogP) is 5.83. The van der Waals surface area contributed by atoms with Crippen LogP contribution in [0.3, 0.4) is 0 Å². The van der Waals surface area contributed by atoms with E-state index in [1.165, 1.54) is 42.6 Å². The zero-order chi connectivity index (χ0) is 41.3. The quantitative estimate of drug-likeness (QED) is 0.0647. The summed E-state index contributed by atoms with van der Waals surface area (Å²) in [5, 5.41) is 23.4. The number of amides is 3. The molecule has 0 bridgehead atoms. The van der Waals surface area contributed by atoms with Crippen LogP contribution in [0.5, 0.6) is 17.5 Å². The van der Waals surface area contributed by atoms with Gasteiger partial charge in [-0.1, -0.05) is 23.7 Å². The molecule has 1 atom stereocenters. The number of alkyl halides is 3. The Morgan fingerprint density at radius 1 is 0.845 bits per heavy atom. The van der Waals surface area contributed by atoms with Crippen LogP contribution in [-0.2, 0) is 19.9 Å². The fourth-order valence-corrected chi connectivity index (χ4v) is 5.48. The van der Waals surface area contributed by atoms with Gasteiger partial charge in [-0.3, -0.25) is 19.4 Å². The first-order valence-electron chi connectivity index (χ1n) is 17.4. The van der Waals surface area contributed by atoms with E-state index in [2.05, 4.69) is 46.5 Å². The van der Waals surface area contributed by atoms with Gasteiger partial charge in [0.1, 0.15) is 17.5 Å². The topological polar surface area (TPSA) is 219 Å². The molecule has 5 aromatic rings. The first-order valence-corrected chi connectivity index (χ1v) is 17.8. The van der Waals surface area contributed by atoms with E-state index in [1.807, 2.05) is 12.1 Å². The number of pyridine rings is 1. The lowest BCUT2D eigenvalue weighted by atomic mass is 10.1. The second kappa shape index (κ2) is 17.8. The Labute approximate surface area is 332 Å². The highest BCUT2D eigenvalue weighted by Gasteiger charge is 2.45. The number of benzene rings is 3. The molecule has 3 amide bonds. The van der Waals surface area contributed by atoms with Crippen LogP contribution in [0.4, 0.5) is 36.4 Å². The molecule has 2 aromatic heterocycles. The SMILES string of the molecule is O=C(NCC[C@H](NC(=O)c1ccc(Nc2nc(NC3(c4ccc(Cl)cc4)CC3)nc(OCC(F)(F)F)n2)cc1)C(=O)O)C(=O)Nc1ccc(Oc2cccnc2)cc1. The number of aliphatic carboxylic acids is 1. The normalized spacial score (nSPS) is 13.3. The van der Waals surface area contributed by atoms with Gasteiger partial charge in [0.2, 0.25) is 11.9 Å². The van der Waals surface area contributed by atoms with E-state index < -0.39 is 54.1 Å². The highest BCUT2D eigenvalue weighted by molar-refractivity contribution is 6.39. The molecule has 2 heterocycles. The van der Waals surface area contributed by atoms with Gasteiger partial charge < -0.3 is 41.2 Å². The molecule has 1 saturated carbocycles. The molecule has 0 aliphatic heterocycles. The number of carboxylic acid groups (broad SMARTS) is 1. The second-order valence-corrected chi connectivity index (χ2v) is 13.2. The number of aromatic nitrogens is 4. The van der Waals surface area contributed by atoms with Crippen LogP contribution in [0.2, 0.25) is 5.02 Å². The summed E-state index contributed by atoms with van der Waals surface area (Å²) in [5.41, 5.74) is 0.992. The third kappa shape index (κ3) is 11.5. The lowest BCUT2D eigenvalue weighted by molar-refractivity contribution is -0.154. The molecule has 6 rings (SSSR count). The largest absolute Gasteiger partial charge is 0.480 e. The van der Waals surface area contributed by atoms with E-state index in [9.17, 15) is 37.5 Å². The molecule has 6 N–H and O–H groups in total. The van der Waals surface area contributed by atoms with Crippen molar-refractivity contribution in [3.05, 3.63) is 113 Å². The van der Waals surface area contributed by atoms with Gasteiger partial charge in [0.05, 0.1) is 11.7 Å². The smallest absolute Gasteiger partial charge is 0.422 e. The Kier molecular flexibility index (Phi) is 12.5. The van der Waals surface area contributed by atoms with Gasteiger partial charge in [0.25, 0.3) is 5.91 Å². The summed E-state index contributed by atoms with van der Waals surface area (Å²) in [5.74, 6) is -3.39. The number of rotatable bonds is 16. The number of carbonyl (C=O) groups is 4. The van der Waals surface area contributed by atoms with Gasteiger partial charge in [-0.2, -0.15) is 28.1 Å². The van der Waals surface area contributed by atoms with Gasteiger partial charge in [-0.25, -0.2) is 4.79 Å². The minimum Gasteiger partial charge on any atom is -0.480 e. The number of nitrogens with zero attached hydrogens (tertiary/aromatic N) is 4. The van der Waals surface area contributed by atoms with Crippen molar-refractivity contribution >= 4 is 58.6 Å². The predicted molar refractivity (Wildman–Crippen MR) is 203 cm³/mol. The number of hydrogen-bond donors (Lipinski definition) is 6. The van der Waals surface area contributed by atoms with Crippen LogP contribution in [-0.4, -0.2) is 74.1 Å². The standard InChI is InChI=1S/C38H33ClF3N9O7/c39-24-7-5-23(6-8-24)37(16-17-37)51-35-48-34(49-36(50-35)57-21-38(40,41)42)46-26-9-3-22(4-10-26)30(52)47-29(33(55)56)15-19-44-31(53)32(54)45-25-11-13-27(14-12-25)58-28-2-1-18-43-20-28/h1-14,18,20,29H,15-17,19,21H2,(H,44,53)(H,45,54)(H,47,52)(H,55,56)(H2,46,48,49,50,51)/t29-/m0/s1.